The molecule has 28 heavy (non-hydrogen) atoms. The fourth-order valence-corrected chi connectivity index (χ4v) is 2.53. The second kappa shape index (κ2) is 8.80. The van der Waals surface area contributed by atoms with E-state index in [1.807, 2.05) is 42.6 Å². The van der Waals surface area contributed by atoms with E-state index in [0.29, 0.717) is 23.6 Å². The van der Waals surface area contributed by atoms with E-state index in [1.54, 1.807) is 41.1 Å². The van der Waals surface area contributed by atoms with Crippen LogP contribution in [0.5, 0.6) is 5.75 Å². The highest BCUT2D eigenvalue weighted by atomic mass is 16.5. The quantitative estimate of drug-likeness (QED) is 0.619. The van der Waals surface area contributed by atoms with E-state index in [1.165, 1.54) is 0 Å². The minimum absolute atomic E-state index is 0.0420. The minimum Gasteiger partial charge on any atom is -0.487 e. The van der Waals surface area contributed by atoms with Gasteiger partial charge in [-0.05, 0) is 35.4 Å². The van der Waals surface area contributed by atoms with Gasteiger partial charge in [0.15, 0.2) is 0 Å². The van der Waals surface area contributed by atoms with Gasteiger partial charge in [0, 0.05) is 0 Å². The molecule has 7 heteroatoms. The molecule has 0 aliphatic heterocycles. The molecule has 2 aromatic carbocycles. The molecule has 0 spiro atoms. The maximum atomic E-state index is 9.18. The third-order valence-corrected chi connectivity index (χ3v) is 3.89. The first-order valence-corrected chi connectivity index (χ1v) is 8.34. The topological polar surface area (TPSA) is 111 Å². The predicted octanol–water partition coefficient (Wildman–Crippen LogP) is 3.23. The van der Waals surface area contributed by atoms with Gasteiger partial charge in [0.2, 0.25) is 0 Å². The molecule has 0 aliphatic rings. The maximum absolute atomic E-state index is 9.18. The van der Waals surface area contributed by atoms with Crippen LogP contribution in [0, 0.1) is 34.0 Å². The van der Waals surface area contributed by atoms with Crippen molar-refractivity contribution >= 4 is 5.57 Å². The summed E-state index contributed by atoms with van der Waals surface area (Å²) in [5, 5.41) is 35.2. The zero-order valence-electron chi connectivity index (χ0n) is 14.8. The lowest BCUT2D eigenvalue weighted by molar-refractivity contribution is 0.301. The second-order valence-corrected chi connectivity index (χ2v) is 5.79. The number of ether oxygens (including phenoxy) is 1. The standard InChI is InChI=1S/C21H14N6O/c22-10-18(11-23)21(12-24)17-6-8-20(9-7-17)28-15-19-14-27(26-25-19)13-16-4-2-1-3-5-16/h1-9,14H,13,15H2. The van der Waals surface area contributed by atoms with Crippen molar-refractivity contribution in [3.8, 4) is 24.0 Å². The first-order valence-electron chi connectivity index (χ1n) is 8.34. The third kappa shape index (κ3) is 4.40. The summed E-state index contributed by atoms with van der Waals surface area (Å²) in [7, 11) is 0. The van der Waals surface area contributed by atoms with Gasteiger partial charge in [-0.3, -0.25) is 0 Å². The van der Waals surface area contributed by atoms with Crippen LogP contribution in [0.25, 0.3) is 5.57 Å². The Morgan fingerprint density at radius 1 is 0.929 bits per heavy atom. The molecule has 1 heterocycles. The van der Waals surface area contributed by atoms with Crippen LogP contribution in [-0.4, -0.2) is 15.0 Å². The Morgan fingerprint density at radius 3 is 2.29 bits per heavy atom. The van der Waals surface area contributed by atoms with Gasteiger partial charge in [-0.15, -0.1) is 5.10 Å². The van der Waals surface area contributed by atoms with Crippen LogP contribution in [0.1, 0.15) is 16.8 Å². The lowest BCUT2D eigenvalue weighted by Gasteiger charge is -2.05. The molecular weight excluding hydrogens is 352 g/mol. The number of aromatic nitrogens is 3. The Kier molecular flexibility index (Phi) is 5.78. The van der Waals surface area contributed by atoms with Crippen molar-refractivity contribution in [2.24, 2.45) is 0 Å². The molecule has 0 radical (unpaired) electrons. The number of hydrogen-bond acceptors (Lipinski definition) is 6. The molecule has 0 bridgehead atoms. The molecule has 0 amide bonds. The van der Waals surface area contributed by atoms with Crippen LogP contribution in [-0.2, 0) is 13.2 Å². The maximum Gasteiger partial charge on any atom is 0.148 e. The zero-order chi connectivity index (χ0) is 19.8. The van der Waals surface area contributed by atoms with E-state index in [-0.39, 0.29) is 17.8 Å². The Hall–Kier alpha value is -4.41. The monoisotopic (exact) mass is 366 g/mol. The summed E-state index contributed by atoms with van der Waals surface area (Å²) in [5.41, 5.74) is 2.13. The van der Waals surface area contributed by atoms with Crippen LogP contribution in [0.3, 0.4) is 0 Å². The Bertz CT molecular complexity index is 1090. The number of hydrogen-bond donors (Lipinski definition) is 0. The molecule has 0 saturated carbocycles. The first kappa shape index (κ1) is 18.4. The average Bonchev–Trinajstić information content (AvgIpc) is 3.19. The van der Waals surface area contributed by atoms with Gasteiger partial charge in [-0.25, -0.2) is 4.68 Å². The van der Waals surface area contributed by atoms with Crippen molar-refractivity contribution in [1.29, 1.82) is 15.8 Å². The highest BCUT2D eigenvalue weighted by molar-refractivity contribution is 5.84. The number of nitrogens with zero attached hydrogens (tertiary/aromatic N) is 6. The van der Waals surface area contributed by atoms with Gasteiger partial charge in [0.05, 0.1) is 18.3 Å². The van der Waals surface area contributed by atoms with Crippen molar-refractivity contribution in [3.05, 3.63) is 83.2 Å². The van der Waals surface area contributed by atoms with Crippen LogP contribution >= 0.6 is 0 Å². The molecule has 3 rings (SSSR count). The Balaban J connectivity index is 1.63. The molecule has 0 fully saturated rings. The van der Waals surface area contributed by atoms with Gasteiger partial charge < -0.3 is 4.74 Å². The summed E-state index contributed by atoms with van der Waals surface area (Å²) < 4.78 is 7.43. The van der Waals surface area contributed by atoms with Crippen LogP contribution in [0.4, 0.5) is 0 Å². The zero-order valence-corrected chi connectivity index (χ0v) is 14.8. The molecule has 3 aromatic rings. The number of benzene rings is 2. The highest BCUT2D eigenvalue weighted by Crippen LogP contribution is 2.21. The second-order valence-electron chi connectivity index (χ2n) is 5.79. The van der Waals surface area contributed by atoms with Gasteiger partial charge in [0.1, 0.15) is 41.8 Å². The van der Waals surface area contributed by atoms with Crippen molar-refractivity contribution in [2.75, 3.05) is 0 Å². The normalized spacial score (nSPS) is 9.61. The predicted molar refractivity (Wildman–Crippen MR) is 100 cm³/mol. The smallest absolute Gasteiger partial charge is 0.148 e. The van der Waals surface area contributed by atoms with Crippen LogP contribution < -0.4 is 4.74 Å². The molecule has 7 nitrogen and oxygen atoms in total. The molecular formula is C21H14N6O. The van der Waals surface area contributed by atoms with E-state index in [9.17, 15) is 5.26 Å². The van der Waals surface area contributed by atoms with Gasteiger partial charge >= 0.3 is 0 Å². The molecule has 0 aliphatic carbocycles. The third-order valence-electron chi connectivity index (χ3n) is 3.89. The van der Waals surface area contributed by atoms with Gasteiger partial charge in [-0.1, -0.05) is 35.5 Å². The molecule has 1 aromatic heterocycles. The minimum atomic E-state index is -0.216. The van der Waals surface area contributed by atoms with Crippen molar-refractivity contribution in [2.45, 2.75) is 13.2 Å². The van der Waals surface area contributed by atoms with Crippen molar-refractivity contribution in [1.82, 2.24) is 15.0 Å². The van der Waals surface area contributed by atoms with Crippen molar-refractivity contribution < 1.29 is 4.74 Å². The molecule has 0 atom stereocenters. The van der Waals surface area contributed by atoms with Crippen LogP contribution in [0.2, 0.25) is 0 Å². The Labute approximate surface area is 161 Å². The van der Waals surface area contributed by atoms with E-state index < -0.39 is 0 Å². The lowest BCUT2D eigenvalue weighted by atomic mass is 10.0. The fourth-order valence-electron chi connectivity index (χ4n) is 2.53. The number of allylic oxidation sites excluding steroid dienone is 2. The summed E-state index contributed by atoms with van der Waals surface area (Å²) in [5.74, 6) is 0.578. The van der Waals surface area contributed by atoms with E-state index in [0.717, 1.165) is 5.56 Å². The largest absolute Gasteiger partial charge is 0.487 e. The van der Waals surface area contributed by atoms with Crippen molar-refractivity contribution in [3.63, 3.8) is 0 Å². The first-order chi connectivity index (χ1) is 13.7. The molecule has 0 N–H and O–H groups in total. The summed E-state index contributed by atoms with van der Waals surface area (Å²) in [6.45, 7) is 0.878. The molecule has 0 saturated heterocycles. The van der Waals surface area contributed by atoms with E-state index in [4.69, 9.17) is 15.3 Å². The van der Waals surface area contributed by atoms with Crippen LogP contribution in [0.15, 0.2) is 66.4 Å². The van der Waals surface area contributed by atoms with E-state index in [2.05, 4.69) is 10.3 Å². The number of rotatable bonds is 6. The number of nitriles is 3. The van der Waals surface area contributed by atoms with E-state index >= 15 is 0 Å². The van der Waals surface area contributed by atoms with Gasteiger partial charge in [-0.2, -0.15) is 15.8 Å². The Morgan fingerprint density at radius 2 is 1.64 bits per heavy atom. The molecule has 134 valence electrons. The summed E-state index contributed by atoms with van der Waals surface area (Å²) in [4.78, 5) is 0. The average molecular weight is 366 g/mol. The lowest BCUT2D eigenvalue weighted by Crippen LogP contribution is -2.00. The fraction of sp³-hybridized carbons (Fsp3) is 0.0952. The summed E-state index contributed by atoms with van der Waals surface area (Å²) >= 11 is 0. The molecule has 0 unspecified atom stereocenters. The summed E-state index contributed by atoms with van der Waals surface area (Å²) in [6, 6.07) is 21.9. The van der Waals surface area contributed by atoms with Gasteiger partial charge in [0.25, 0.3) is 0 Å². The SMILES string of the molecule is N#CC(C#N)=C(C#N)c1ccc(OCc2cn(Cc3ccccc3)nn2)cc1. The highest BCUT2D eigenvalue weighted by Gasteiger charge is 2.09. The summed E-state index contributed by atoms with van der Waals surface area (Å²) in [6.07, 6.45) is 1.82.